The van der Waals surface area contributed by atoms with Gasteiger partial charge in [-0.15, -0.1) is 6.58 Å². The van der Waals surface area contributed by atoms with Gasteiger partial charge >= 0.3 is 6.03 Å². The third-order valence-corrected chi connectivity index (χ3v) is 3.55. The van der Waals surface area contributed by atoms with E-state index in [2.05, 4.69) is 16.9 Å². The highest BCUT2D eigenvalue weighted by molar-refractivity contribution is 5.95. The minimum absolute atomic E-state index is 0.0170. The van der Waals surface area contributed by atoms with Crippen molar-refractivity contribution in [1.82, 2.24) is 14.9 Å². The summed E-state index contributed by atoms with van der Waals surface area (Å²) in [5.41, 5.74) is 0.888. The van der Waals surface area contributed by atoms with Crippen LogP contribution < -0.4 is 10.2 Å². The van der Waals surface area contributed by atoms with Gasteiger partial charge in [-0.05, 0) is 12.1 Å². The Balaban J connectivity index is 1.95. The molecule has 2 amide bonds. The van der Waals surface area contributed by atoms with Crippen LogP contribution in [-0.4, -0.2) is 28.2 Å². The third-order valence-electron chi connectivity index (χ3n) is 3.55. The topological polar surface area (TPSA) is 50.2 Å². The first kappa shape index (κ1) is 12.5. The number of amides is 2. The van der Waals surface area contributed by atoms with Gasteiger partial charge < -0.3 is 9.88 Å². The molecule has 0 spiro atoms. The van der Waals surface area contributed by atoms with Crippen molar-refractivity contribution in [2.45, 2.75) is 12.1 Å². The molecular weight excluding hydrogens is 252 g/mol. The van der Waals surface area contributed by atoms with Crippen LogP contribution in [-0.2, 0) is 0 Å². The van der Waals surface area contributed by atoms with Crippen LogP contribution in [0.3, 0.4) is 0 Å². The number of rotatable bonds is 4. The van der Waals surface area contributed by atoms with Gasteiger partial charge in [-0.2, -0.15) is 0 Å². The molecule has 1 N–H and O–H groups in total. The number of imidazole rings is 1. The Labute approximate surface area is 117 Å². The van der Waals surface area contributed by atoms with Gasteiger partial charge in [0.15, 0.2) is 0 Å². The average Bonchev–Trinajstić information content (AvgIpc) is 3.12. The maximum Gasteiger partial charge on any atom is 0.322 e. The molecule has 5 nitrogen and oxygen atoms in total. The smallest absolute Gasteiger partial charge is 0.322 e. The van der Waals surface area contributed by atoms with E-state index in [-0.39, 0.29) is 18.1 Å². The maximum absolute atomic E-state index is 12.1. The lowest BCUT2D eigenvalue weighted by Crippen LogP contribution is -2.39. The quantitative estimate of drug-likeness (QED) is 0.864. The molecule has 20 heavy (non-hydrogen) atoms. The molecule has 0 radical (unpaired) electrons. The summed E-state index contributed by atoms with van der Waals surface area (Å²) in [6.45, 7) is 4.49. The summed E-state index contributed by atoms with van der Waals surface area (Å²) < 4.78 is 1.97. The predicted octanol–water partition coefficient (Wildman–Crippen LogP) is 2.21. The van der Waals surface area contributed by atoms with Gasteiger partial charge in [-0.25, -0.2) is 9.78 Å². The van der Waals surface area contributed by atoms with E-state index in [9.17, 15) is 4.79 Å². The van der Waals surface area contributed by atoms with Crippen LogP contribution in [0.2, 0.25) is 0 Å². The van der Waals surface area contributed by atoms with Gasteiger partial charge in [-0.3, -0.25) is 4.90 Å². The van der Waals surface area contributed by atoms with Crippen molar-refractivity contribution in [1.29, 1.82) is 0 Å². The van der Waals surface area contributed by atoms with E-state index < -0.39 is 0 Å². The Morgan fingerprint density at radius 2 is 2.20 bits per heavy atom. The molecule has 1 fully saturated rings. The summed E-state index contributed by atoms with van der Waals surface area (Å²) in [6.07, 6.45) is 7.22. The number of urea groups is 1. The van der Waals surface area contributed by atoms with E-state index in [1.165, 1.54) is 0 Å². The zero-order valence-corrected chi connectivity index (χ0v) is 11.0. The number of nitrogens with one attached hydrogen (secondary N) is 1. The van der Waals surface area contributed by atoms with Crippen LogP contribution in [0.1, 0.15) is 6.04 Å². The second-order valence-electron chi connectivity index (χ2n) is 4.70. The van der Waals surface area contributed by atoms with Gasteiger partial charge in [0.2, 0.25) is 0 Å². The maximum atomic E-state index is 12.1. The van der Waals surface area contributed by atoms with Crippen molar-refractivity contribution >= 4 is 11.7 Å². The Hall–Kier alpha value is -2.56. The SMILES string of the molecule is C=CC(C1CNC(=O)N1c1ccccc1)n1ccnc1. The number of aromatic nitrogens is 2. The van der Waals surface area contributed by atoms with Gasteiger partial charge in [0.05, 0.1) is 18.4 Å². The Bertz CT molecular complexity index is 594. The highest BCUT2D eigenvalue weighted by Crippen LogP contribution is 2.27. The molecule has 1 aromatic carbocycles. The standard InChI is InChI=1S/C15H16N4O/c1-2-13(18-9-8-16-11-18)14-10-17-15(20)19(14)12-6-4-3-5-7-12/h2-9,11,13-14H,1,10H2,(H,17,20). The number of anilines is 1. The second-order valence-corrected chi connectivity index (χ2v) is 4.70. The number of para-hydroxylation sites is 1. The lowest BCUT2D eigenvalue weighted by atomic mass is 10.1. The zero-order valence-electron chi connectivity index (χ0n) is 11.0. The van der Waals surface area contributed by atoms with Gasteiger partial charge in [0, 0.05) is 24.6 Å². The minimum atomic E-state index is -0.0758. The summed E-state index contributed by atoms with van der Waals surface area (Å²) >= 11 is 0. The fourth-order valence-electron chi connectivity index (χ4n) is 2.61. The van der Waals surface area contributed by atoms with E-state index in [1.807, 2.05) is 47.2 Å². The summed E-state index contributed by atoms with van der Waals surface area (Å²) in [5.74, 6) is 0. The molecule has 0 saturated carbocycles. The van der Waals surface area contributed by atoms with Crippen molar-refractivity contribution in [3.8, 4) is 0 Å². The van der Waals surface area contributed by atoms with Crippen molar-refractivity contribution in [3.05, 3.63) is 61.7 Å². The van der Waals surface area contributed by atoms with Gasteiger partial charge in [0.1, 0.15) is 0 Å². The highest BCUT2D eigenvalue weighted by Gasteiger charge is 2.36. The summed E-state index contributed by atoms with van der Waals surface area (Å²) in [7, 11) is 0. The lowest BCUT2D eigenvalue weighted by molar-refractivity contribution is 0.251. The van der Waals surface area contributed by atoms with Crippen molar-refractivity contribution < 1.29 is 4.79 Å². The molecule has 102 valence electrons. The van der Waals surface area contributed by atoms with Crippen LogP contribution in [0.5, 0.6) is 0 Å². The third kappa shape index (κ3) is 2.07. The number of nitrogens with zero attached hydrogens (tertiary/aromatic N) is 3. The second kappa shape index (κ2) is 5.21. The van der Waals surface area contributed by atoms with Crippen LogP contribution in [0.15, 0.2) is 61.7 Å². The molecule has 1 saturated heterocycles. The van der Waals surface area contributed by atoms with Crippen LogP contribution in [0.4, 0.5) is 10.5 Å². The molecule has 2 aromatic rings. The van der Waals surface area contributed by atoms with Gasteiger partial charge in [0.25, 0.3) is 0 Å². The first-order valence-electron chi connectivity index (χ1n) is 6.53. The van der Waals surface area contributed by atoms with E-state index >= 15 is 0 Å². The Kier molecular flexibility index (Phi) is 3.25. The van der Waals surface area contributed by atoms with Crippen LogP contribution in [0, 0.1) is 0 Å². The molecular formula is C15H16N4O. The fourth-order valence-corrected chi connectivity index (χ4v) is 2.61. The summed E-state index contributed by atoms with van der Waals surface area (Å²) in [5, 5.41) is 2.90. The number of benzene rings is 1. The number of carbonyl (C=O) groups is 1. The normalized spacial score (nSPS) is 19.7. The molecule has 3 rings (SSSR count). The number of hydrogen-bond donors (Lipinski definition) is 1. The Morgan fingerprint density at radius 1 is 1.40 bits per heavy atom. The minimum Gasteiger partial charge on any atom is -0.335 e. The molecule has 1 aliphatic rings. The predicted molar refractivity (Wildman–Crippen MR) is 77.6 cm³/mol. The zero-order chi connectivity index (χ0) is 13.9. The lowest BCUT2D eigenvalue weighted by Gasteiger charge is -2.29. The van der Waals surface area contributed by atoms with Crippen LogP contribution in [0.25, 0.3) is 0 Å². The van der Waals surface area contributed by atoms with Gasteiger partial charge in [-0.1, -0.05) is 24.3 Å². The molecule has 2 unspecified atom stereocenters. The molecule has 0 aliphatic carbocycles. The number of carbonyl (C=O) groups excluding carboxylic acids is 1. The van der Waals surface area contributed by atoms with Crippen molar-refractivity contribution in [3.63, 3.8) is 0 Å². The highest BCUT2D eigenvalue weighted by atomic mass is 16.2. The molecule has 1 aliphatic heterocycles. The number of hydrogen-bond acceptors (Lipinski definition) is 2. The average molecular weight is 268 g/mol. The fraction of sp³-hybridized carbons (Fsp3) is 0.200. The Morgan fingerprint density at radius 3 is 2.85 bits per heavy atom. The van der Waals surface area contributed by atoms with E-state index in [4.69, 9.17) is 0 Å². The van der Waals surface area contributed by atoms with E-state index in [0.717, 1.165) is 5.69 Å². The monoisotopic (exact) mass is 268 g/mol. The van der Waals surface area contributed by atoms with E-state index in [0.29, 0.717) is 6.54 Å². The van der Waals surface area contributed by atoms with Crippen LogP contribution >= 0.6 is 0 Å². The molecule has 5 heteroatoms. The first-order valence-corrected chi connectivity index (χ1v) is 6.53. The van der Waals surface area contributed by atoms with Crippen molar-refractivity contribution in [2.24, 2.45) is 0 Å². The van der Waals surface area contributed by atoms with Crippen molar-refractivity contribution in [2.75, 3.05) is 11.4 Å². The molecule has 0 bridgehead atoms. The summed E-state index contributed by atoms with van der Waals surface area (Å²) in [6, 6.07) is 9.56. The summed E-state index contributed by atoms with van der Waals surface area (Å²) in [4.78, 5) is 18.0. The molecule has 1 aromatic heterocycles. The first-order chi connectivity index (χ1) is 9.81. The molecule has 2 heterocycles. The largest absolute Gasteiger partial charge is 0.335 e. The molecule has 2 atom stereocenters. The van der Waals surface area contributed by atoms with E-state index in [1.54, 1.807) is 17.4 Å².